The van der Waals surface area contributed by atoms with Gasteiger partial charge in [-0.15, -0.1) is 0 Å². The number of carboxylic acid groups (broad SMARTS) is 1. The van der Waals surface area contributed by atoms with E-state index in [4.69, 9.17) is 15.1 Å². The summed E-state index contributed by atoms with van der Waals surface area (Å²) in [5.41, 5.74) is 2.78. The molecule has 3 rings (SSSR count). The Morgan fingerprint density at radius 2 is 2.00 bits per heavy atom. The summed E-state index contributed by atoms with van der Waals surface area (Å²) in [6, 6.07) is 16.8. The normalized spacial score (nSPS) is 10.6. The molecular weight excluding hydrogens is 306 g/mol. The quantitative estimate of drug-likeness (QED) is 0.754. The van der Waals surface area contributed by atoms with E-state index in [-0.39, 0.29) is 13.2 Å². The van der Waals surface area contributed by atoms with Gasteiger partial charge in [0.05, 0.1) is 29.3 Å². The van der Waals surface area contributed by atoms with E-state index in [1.807, 2.05) is 30.3 Å². The third-order valence-corrected chi connectivity index (χ3v) is 3.59. The number of ether oxygens (including phenoxy) is 1. The van der Waals surface area contributed by atoms with Gasteiger partial charge in [-0.1, -0.05) is 30.3 Å². The summed E-state index contributed by atoms with van der Waals surface area (Å²) in [5, 5.41) is 18.1. The Balaban J connectivity index is 1.85. The molecular formula is C18H15N3O3. The van der Waals surface area contributed by atoms with Crippen LogP contribution in [0, 0.1) is 11.3 Å². The van der Waals surface area contributed by atoms with Crippen molar-refractivity contribution in [3.63, 3.8) is 0 Å². The zero-order chi connectivity index (χ0) is 16.9. The van der Waals surface area contributed by atoms with E-state index in [0.29, 0.717) is 29.0 Å². The first-order chi connectivity index (χ1) is 11.7. The number of imidazole rings is 1. The smallest absolute Gasteiger partial charge is 0.323 e. The van der Waals surface area contributed by atoms with Crippen LogP contribution in [0.25, 0.3) is 11.0 Å². The molecule has 0 saturated carbocycles. The Kier molecular flexibility index (Phi) is 4.54. The van der Waals surface area contributed by atoms with Crippen molar-refractivity contribution in [1.82, 2.24) is 9.55 Å². The van der Waals surface area contributed by atoms with Crippen molar-refractivity contribution in [2.24, 2.45) is 0 Å². The lowest BCUT2D eigenvalue weighted by molar-refractivity contribution is -0.137. The number of rotatable bonds is 6. The van der Waals surface area contributed by atoms with Crippen LogP contribution in [0.4, 0.5) is 0 Å². The molecule has 0 amide bonds. The van der Waals surface area contributed by atoms with Crippen molar-refractivity contribution in [2.75, 3.05) is 0 Å². The number of hydrogen-bond acceptors (Lipinski definition) is 4. The molecule has 6 heteroatoms. The lowest BCUT2D eigenvalue weighted by atomic mass is 10.2. The van der Waals surface area contributed by atoms with Crippen LogP contribution >= 0.6 is 0 Å². The van der Waals surface area contributed by atoms with E-state index in [1.54, 1.807) is 22.8 Å². The maximum atomic E-state index is 11.1. The second-order valence-corrected chi connectivity index (χ2v) is 5.30. The molecule has 0 radical (unpaired) electrons. The average Bonchev–Trinajstić information content (AvgIpc) is 2.92. The van der Waals surface area contributed by atoms with Gasteiger partial charge in [0.2, 0.25) is 0 Å². The van der Waals surface area contributed by atoms with E-state index in [0.717, 1.165) is 5.56 Å². The number of aromatic nitrogens is 2. The van der Waals surface area contributed by atoms with Crippen molar-refractivity contribution in [3.05, 3.63) is 65.5 Å². The van der Waals surface area contributed by atoms with Crippen molar-refractivity contribution in [2.45, 2.75) is 19.8 Å². The minimum absolute atomic E-state index is 0.193. The van der Waals surface area contributed by atoms with E-state index >= 15 is 0 Å². The first-order valence-corrected chi connectivity index (χ1v) is 7.40. The van der Waals surface area contributed by atoms with E-state index in [1.165, 1.54) is 0 Å². The Morgan fingerprint density at radius 3 is 2.71 bits per heavy atom. The average molecular weight is 321 g/mol. The minimum atomic E-state index is -0.956. The molecule has 0 atom stereocenters. The van der Waals surface area contributed by atoms with Crippen molar-refractivity contribution < 1.29 is 14.6 Å². The lowest BCUT2D eigenvalue weighted by Crippen LogP contribution is -2.12. The van der Waals surface area contributed by atoms with Crippen LogP contribution in [0.1, 0.15) is 17.0 Å². The highest BCUT2D eigenvalue weighted by Gasteiger charge is 2.14. The third kappa shape index (κ3) is 3.42. The maximum Gasteiger partial charge on any atom is 0.323 e. The van der Waals surface area contributed by atoms with Crippen LogP contribution in [0.15, 0.2) is 48.5 Å². The number of nitrogens with zero attached hydrogens (tertiary/aromatic N) is 3. The molecule has 0 aliphatic carbocycles. The van der Waals surface area contributed by atoms with Crippen LogP contribution < -0.4 is 0 Å². The van der Waals surface area contributed by atoms with Gasteiger partial charge in [-0.25, -0.2) is 4.98 Å². The fourth-order valence-electron chi connectivity index (χ4n) is 2.51. The highest BCUT2D eigenvalue weighted by molar-refractivity contribution is 5.79. The molecule has 0 aliphatic heterocycles. The van der Waals surface area contributed by atoms with Crippen molar-refractivity contribution >= 4 is 17.0 Å². The molecule has 1 aromatic heterocycles. The van der Waals surface area contributed by atoms with Gasteiger partial charge in [-0.2, -0.15) is 5.26 Å². The van der Waals surface area contributed by atoms with E-state index in [9.17, 15) is 4.79 Å². The largest absolute Gasteiger partial charge is 0.480 e. The summed E-state index contributed by atoms with van der Waals surface area (Å²) in [7, 11) is 0. The van der Waals surface area contributed by atoms with Gasteiger partial charge in [-0.05, 0) is 23.8 Å². The Hall–Kier alpha value is -3.17. The standard InChI is InChI=1S/C18H15N3O3/c19-9-14-6-7-16-15(8-14)20-17(21(16)10-18(22)23)12-24-11-13-4-2-1-3-5-13/h1-8H,10-12H2,(H,22,23). The highest BCUT2D eigenvalue weighted by atomic mass is 16.5. The molecule has 0 aliphatic rings. The molecule has 6 nitrogen and oxygen atoms in total. The van der Waals surface area contributed by atoms with Gasteiger partial charge in [0.15, 0.2) is 0 Å². The molecule has 24 heavy (non-hydrogen) atoms. The predicted molar refractivity (Wildman–Crippen MR) is 87.0 cm³/mol. The number of hydrogen-bond donors (Lipinski definition) is 1. The predicted octanol–water partition coefficient (Wildman–Crippen LogP) is 2.71. The van der Waals surface area contributed by atoms with Crippen LogP contribution in [0.3, 0.4) is 0 Å². The second-order valence-electron chi connectivity index (χ2n) is 5.30. The molecule has 120 valence electrons. The Labute approximate surface area is 138 Å². The van der Waals surface area contributed by atoms with E-state index in [2.05, 4.69) is 11.1 Å². The summed E-state index contributed by atoms with van der Waals surface area (Å²) in [5.74, 6) is -0.429. The topological polar surface area (TPSA) is 88.1 Å². The molecule has 1 heterocycles. The van der Waals surface area contributed by atoms with Crippen LogP contribution in [0.5, 0.6) is 0 Å². The SMILES string of the molecule is N#Cc1ccc2c(c1)nc(COCc1ccccc1)n2CC(=O)O. The number of carbonyl (C=O) groups is 1. The first kappa shape index (κ1) is 15.7. The molecule has 0 fully saturated rings. The summed E-state index contributed by atoms with van der Waals surface area (Å²) < 4.78 is 7.27. The fourth-order valence-corrected chi connectivity index (χ4v) is 2.51. The molecule has 0 unspecified atom stereocenters. The number of fused-ring (bicyclic) bond motifs is 1. The van der Waals surface area contributed by atoms with E-state index < -0.39 is 5.97 Å². The van der Waals surface area contributed by atoms with Crippen molar-refractivity contribution in [3.8, 4) is 6.07 Å². The zero-order valence-corrected chi connectivity index (χ0v) is 12.8. The zero-order valence-electron chi connectivity index (χ0n) is 12.8. The molecule has 0 saturated heterocycles. The molecule has 0 spiro atoms. The highest BCUT2D eigenvalue weighted by Crippen LogP contribution is 2.19. The van der Waals surface area contributed by atoms with Crippen LogP contribution in [-0.2, 0) is 29.3 Å². The summed E-state index contributed by atoms with van der Waals surface area (Å²) in [4.78, 5) is 15.6. The summed E-state index contributed by atoms with van der Waals surface area (Å²) in [6.07, 6.45) is 0. The summed E-state index contributed by atoms with van der Waals surface area (Å²) in [6.45, 7) is 0.408. The van der Waals surface area contributed by atoms with Gasteiger partial charge in [0, 0.05) is 0 Å². The van der Waals surface area contributed by atoms with Gasteiger partial charge in [0.25, 0.3) is 0 Å². The monoisotopic (exact) mass is 321 g/mol. The minimum Gasteiger partial charge on any atom is -0.480 e. The van der Waals surface area contributed by atoms with Gasteiger partial charge in [0.1, 0.15) is 19.0 Å². The molecule has 3 aromatic rings. The van der Waals surface area contributed by atoms with Crippen LogP contribution in [0.2, 0.25) is 0 Å². The number of benzene rings is 2. The third-order valence-electron chi connectivity index (χ3n) is 3.59. The summed E-state index contributed by atoms with van der Waals surface area (Å²) >= 11 is 0. The Morgan fingerprint density at radius 1 is 1.21 bits per heavy atom. The molecule has 0 bridgehead atoms. The number of nitriles is 1. The second kappa shape index (κ2) is 6.94. The molecule has 1 N–H and O–H groups in total. The van der Waals surface area contributed by atoms with Gasteiger partial charge < -0.3 is 14.4 Å². The number of carboxylic acids is 1. The van der Waals surface area contributed by atoms with Gasteiger partial charge in [-0.3, -0.25) is 4.79 Å². The Bertz CT molecular complexity index is 910. The fraction of sp³-hybridized carbons (Fsp3) is 0.167. The van der Waals surface area contributed by atoms with Gasteiger partial charge >= 0.3 is 5.97 Å². The lowest BCUT2D eigenvalue weighted by Gasteiger charge is -2.07. The van der Waals surface area contributed by atoms with Crippen molar-refractivity contribution in [1.29, 1.82) is 5.26 Å². The maximum absolute atomic E-state index is 11.1. The number of aliphatic carboxylic acids is 1. The van der Waals surface area contributed by atoms with Crippen LogP contribution in [-0.4, -0.2) is 20.6 Å². The molecule has 2 aromatic carbocycles. The first-order valence-electron chi connectivity index (χ1n) is 7.40.